The fraction of sp³-hybridized carbons (Fsp3) is 0.444. The van der Waals surface area contributed by atoms with Crippen LogP contribution in [0.3, 0.4) is 0 Å². The lowest BCUT2D eigenvalue weighted by Gasteiger charge is -2.34. The van der Waals surface area contributed by atoms with Crippen molar-refractivity contribution in [2.24, 2.45) is 0 Å². The Balaban J connectivity index is 0.00000105. The molecule has 1 fully saturated rings. The zero-order chi connectivity index (χ0) is 16.6. The maximum absolute atomic E-state index is 4.77. The van der Waals surface area contributed by atoms with Gasteiger partial charge >= 0.3 is 0 Å². The van der Waals surface area contributed by atoms with Crippen LogP contribution in [-0.2, 0) is 19.6 Å². The van der Waals surface area contributed by atoms with E-state index in [1.54, 1.807) is 11.5 Å². The van der Waals surface area contributed by atoms with Crippen LogP contribution in [-0.4, -0.2) is 51.8 Å². The molecule has 27 heavy (non-hydrogen) atoms. The van der Waals surface area contributed by atoms with Crippen molar-refractivity contribution in [3.05, 3.63) is 41.7 Å². The second kappa shape index (κ2) is 8.75. The van der Waals surface area contributed by atoms with Crippen LogP contribution in [0, 0.1) is 0 Å². The third kappa shape index (κ3) is 4.07. The van der Waals surface area contributed by atoms with Crippen molar-refractivity contribution < 1.29 is 0 Å². The lowest BCUT2D eigenvalue weighted by Crippen LogP contribution is -2.46. The summed E-state index contributed by atoms with van der Waals surface area (Å²) in [6, 6.07) is 10.8. The molecule has 0 saturated carbocycles. The molecule has 1 N–H and O–H groups in total. The summed E-state index contributed by atoms with van der Waals surface area (Å²) in [6.07, 6.45) is 0. The van der Waals surface area contributed by atoms with Gasteiger partial charge in [-0.3, -0.25) is 9.58 Å². The van der Waals surface area contributed by atoms with E-state index < -0.39 is 0 Å². The van der Waals surface area contributed by atoms with Crippen molar-refractivity contribution in [3.8, 4) is 0 Å². The van der Waals surface area contributed by atoms with Gasteiger partial charge in [-0.25, -0.2) is 0 Å². The topological polar surface area (TPSA) is 49.2 Å². The van der Waals surface area contributed by atoms with Crippen LogP contribution in [0.4, 0.5) is 5.82 Å². The number of piperazine rings is 1. The highest BCUT2D eigenvalue weighted by atomic mass is 35.5. The second-order valence-corrected chi connectivity index (χ2v) is 7.60. The number of benzene rings is 1. The molecule has 4 heterocycles. The molecule has 9 heteroatoms. The first kappa shape index (κ1) is 20.4. The minimum absolute atomic E-state index is 0. The molecule has 0 atom stereocenters. The van der Waals surface area contributed by atoms with Gasteiger partial charge in [0.25, 0.3) is 0 Å². The molecular formula is C18H24Cl2N6S. The smallest absolute Gasteiger partial charge is 0.150 e. The first-order valence-electron chi connectivity index (χ1n) is 8.95. The summed E-state index contributed by atoms with van der Waals surface area (Å²) >= 11 is 1.60. The van der Waals surface area contributed by atoms with Gasteiger partial charge in [0.2, 0.25) is 0 Å². The highest BCUT2D eigenvalue weighted by molar-refractivity contribution is 7.13. The van der Waals surface area contributed by atoms with Crippen molar-refractivity contribution >= 4 is 52.3 Å². The van der Waals surface area contributed by atoms with Crippen LogP contribution >= 0.6 is 36.3 Å². The third-order valence-corrected chi connectivity index (χ3v) is 5.95. The summed E-state index contributed by atoms with van der Waals surface area (Å²) in [5.74, 6) is 1.16. The zero-order valence-electron chi connectivity index (χ0n) is 15.0. The molecule has 0 amide bonds. The Morgan fingerprint density at radius 2 is 1.85 bits per heavy atom. The summed E-state index contributed by atoms with van der Waals surface area (Å²) in [7, 11) is 0. The van der Waals surface area contributed by atoms with Crippen LogP contribution in [0.5, 0.6) is 0 Å². The fourth-order valence-corrected chi connectivity index (χ4v) is 4.57. The number of rotatable bonds is 3. The lowest BCUT2D eigenvalue weighted by atomic mass is 10.2. The molecule has 0 aliphatic carbocycles. The monoisotopic (exact) mass is 426 g/mol. The molecule has 0 unspecified atom stereocenters. The maximum atomic E-state index is 4.77. The van der Waals surface area contributed by atoms with Crippen LogP contribution in [0.15, 0.2) is 30.3 Å². The molecule has 2 aliphatic rings. The molecule has 1 saturated heterocycles. The van der Waals surface area contributed by atoms with E-state index in [4.69, 9.17) is 9.47 Å². The predicted octanol–water partition coefficient (Wildman–Crippen LogP) is 2.76. The van der Waals surface area contributed by atoms with Crippen molar-refractivity contribution in [2.45, 2.75) is 19.6 Å². The van der Waals surface area contributed by atoms with Crippen LogP contribution in [0.25, 0.3) is 10.1 Å². The molecule has 1 aromatic carbocycles. The maximum Gasteiger partial charge on any atom is 0.150 e. The van der Waals surface area contributed by atoms with E-state index in [0.29, 0.717) is 0 Å². The standard InChI is InChI=1S/C18H22N6S.2ClH/c1-2-4-17-16(3-1)18(21-25-17)23-9-7-22(8-10-23)13-14-11-15-12-19-5-6-24(15)20-14;;/h1-4,11,19H,5-10,12-13H2;2*1H. The number of nitrogens with zero attached hydrogens (tertiary/aromatic N) is 5. The predicted molar refractivity (Wildman–Crippen MR) is 116 cm³/mol. The first-order valence-corrected chi connectivity index (χ1v) is 9.72. The molecule has 5 rings (SSSR count). The number of hydrogen-bond donors (Lipinski definition) is 1. The molecule has 3 aromatic rings. The molecule has 2 aromatic heterocycles. The Kier molecular flexibility index (Phi) is 6.60. The number of anilines is 1. The van der Waals surface area contributed by atoms with E-state index in [1.807, 2.05) is 0 Å². The van der Waals surface area contributed by atoms with E-state index in [9.17, 15) is 0 Å². The average Bonchev–Trinajstić information content (AvgIpc) is 3.26. The Morgan fingerprint density at radius 3 is 2.67 bits per heavy atom. The summed E-state index contributed by atoms with van der Waals surface area (Å²) in [5.41, 5.74) is 2.51. The zero-order valence-corrected chi connectivity index (χ0v) is 17.5. The second-order valence-electron chi connectivity index (χ2n) is 6.79. The number of halogens is 2. The van der Waals surface area contributed by atoms with Gasteiger partial charge in [0.15, 0.2) is 0 Å². The van der Waals surface area contributed by atoms with E-state index in [1.165, 1.54) is 21.5 Å². The number of hydrogen-bond acceptors (Lipinski definition) is 6. The quantitative estimate of drug-likeness (QED) is 0.697. The van der Waals surface area contributed by atoms with Crippen molar-refractivity contribution in [1.82, 2.24) is 24.4 Å². The molecule has 2 aliphatic heterocycles. The Hall–Kier alpha value is -1.38. The van der Waals surface area contributed by atoms with Crippen LogP contribution in [0.1, 0.15) is 11.4 Å². The van der Waals surface area contributed by atoms with Gasteiger partial charge in [-0.15, -0.1) is 24.8 Å². The van der Waals surface area contributed by atoms with E-state index in [2.05, 4.69) is 50.1 Å². The van der Waals surface area contributed by atoms with Crippen LogP contribution < -0.4 is 10.2 Å². The number of nitrogens with one attached hydrogen (secondary N) is 1. The van der Waals surface area contributed by atoms with Gasteiger partial charge in [0.1, 0.15) is 5.82 Å². The summed E-state index contributed by atoms with van der Waals surface area (Å²) in [4.78, 5) is 4.93. The van der Waals surface area contributed by atoms with Gasteiger partial charge < -0.3 is 10.2 Å². The van der Waals surface area contributed by atoms with Gasteiger partial charge in [-0.2, -0.15) is 9.47 Å². The highest BCUT2D eigenvalue weighted by Crippen LogP contribution is 2.29. The van der Waals surface area contributed by atoms with E-state index in [0.717, 1.165) is 58.2 Å². The average molecular weight is 427 g/mol. The van der Waals surface area contributed by atoms with Gasteiger partial charge in [0, 0.05) is 51.2 Å². The van der Waals surface area contributed by atoms with Gasteiger partial charge in [0.05, 0.1) is 22.6 Å². The molecule has 146 valence electrons. The fourth-order valence-electron chi connectivity index (χ4n) is 3.78. The normalized spacial score (nSPS) is 17.3. The minimum atomic E-state index is 0. The van der Waals surface area contributed by atoms with Crippen molar-refractivity contribution in [3.63, 3.8) is 0 Å². The van der Waals surface area contributed by atoms with E-state index in [-0.39, 0.29) is 24.8 Å². The summed E-state index contributed by atoms with van der Waals surface area (Å²) in [6.45, 7) is 8.09. The number of fused-ring (bicyclic) bond motifs is 2. The number of aromatic nitrogens is 3. The first-order chi connectivity index (χ1) is 12.4. The van der Waals surface area contributed by atoms with Crippen molar-refractivity contribution in [2.75, 3.05) is 37.6 Å². The van der Waals surface area contributed by atoms with Crippen molar-refractivity contribution in [1.29, 1.82) is 0 Å². The largest absolute Gasteiger partial charge is 0.353 e. The van der Waals surface area contributed by atoms with Gasteiger partial charge in [-0.05, 0) is 29.7 Å². The third-order valence-electron chi connectivity index (χ3n) is 5.14. The minimum Gasteiger partial charge on any atom is -0.353 e. The molecule has 0 bridgehead atoms. The highest BCUT2D eigenvalue weighted by Gasteiger charge is 2.22. The molecule has 0 radical (unpaired) electrons. The molecular weight excluding hydrogens is 403 g/mol. The molecule has 0 spiro atoms. The summed E-state index contributed by atoms with van der Waals surface area (Å²) < 4.78 is 8.13. The van der Waals surface area contributed by atoms with Gasteiger partial charge in [-0.1, -0.05) is 12.1 Å². The van der Waals surface area contributed by atoms with E-state index >= 15 is 0 Å². The Bertz CT molecular complexity index is 863. The lowest BCUT2D eigenvalue weighted by molar-refractivity contribution is 0.246. The van der Waals surface area contributed by atoms with Crippen LogP contribution in [0.2, 0.25) is 0 Å². The molecule has 6 nitrogen and oxygen atoms in total. The summed E-state index contributed by atoms with van der Waals surface area (Å²) in [5, 5.41) is 9.46. The Morgan fingerprint density at radius 1 is 1.04 bits per heavy atom. The SMILES string of the molecule is Cl.Cl.c1ccc2c(N3CCN(Cc4cc5n(n4)CCNC5)CC3)nsc2c1. The Labute approximate surface area is 175 Å².